The number of rotatable bonds is 2. The van der Waals surface area contributed by atoms with E-state index in [9.17, 15) is 5.11 Å². The van der Waals surface area contributed by atoms with Crippen molar-refractivity contribution in [3.8, 4) is 0 Å². The van der Waals surface area contributed by atoms with Gasteiger partial charge in [-0.05, 0) is 63.4 Å². The highest BCUT2D eigenvalue weighted by molar-refractivity contribution is 5.26. The molecule has 0 amide bonds. The average Bonchev–Trinajstić information content (AvgIpc) is 2.32. The van der Waals surface area contributed by atoms with Crippen molar-refractivity contribution in [1.29, 1.82) is 0 Å². The van der Waals surface area contributed by atoms with E-state index < -0.39 is 0 Å². The maximum Gasteiger partial charge on any atom is 0.0571 e. The Bertz CT molecular complexity index is 338. The summed E-state index contributed by atoms with van der Waals surface area (Å²) in [5, 5.41) is 10.3. The van der Waals surface area contributed by atoms with E-state index in [1.54, 1.807) is 0 Å². The summed E-state index contributed by atoms with van der Waals surface area (Å²) in [5.41, 5.74) is 3.64. The molecule has 1 N–H and O–H groups in total. The van der Waals surface area contributed by atoms with Gasteiger partial charge < -0.3 is 5.11 Å². The zero-order valence-electron chi connectivity index (χ0n) is 12.2. The van der Waals surface area contributed by atoms with E-state index in [1.807, 2.05) is 6.92 Å². The van der Waals surface area contributed by atoms with Crippen LogP contribution in [-0.2, 0) is 0 Å². The Hall–Kier alpha value is -0.820. The summed E-state index contributed by atoms with van der Waals surface area (Å²) in [5.74, 6) is 0.744. The van der Waals surface area contributed by atoms with E-state index in [2.05, 4.69) is 33.1 Å². The third kappa shape index (κ3) is 4.45. The van der Waals surface area contributed by atoms with E-state index >= 15 is 0 Å². The molecule has 0 unspecified atom stereocenters. The Morgan fingerprint density at radius 1 is 1.33 bits per heavy atom. The summed E-state index contributed by atoms with van der Waals surface area (Å²) < 4.78 is 0. The van der Waals surface area contributed by atoms with Crippen LogP contribution in [0.25, 0.3) is 0 Å². The summed E-state index contributed by atoms with van der Waals surface area (Å²) in [7, 11) is 0. The molecule has 1 nitrogen and oxygen atoms in total. The van der Waals surface area contributed by atoms with Crippen LogP contribution in [0.1, 0.15) is 52.9 Å². The van der Waals surface area contributed by atoms with E-state index in [-0.39, 0.29) is 6.10 Å². The van der Waals surface area contributed by atoms with Gasteiger partial charge in [0.05, 0.1) is 6.10 Å². The maximum absolute atomic E-state index is 10.3. The molecule has 0 bridgehead atoms. The highest BCUT2D eigenvalue weighted by atomic mass is 16.3. The second kappa shape index (κ2) is 6.94. The van der Waals surface area contributed by atoms with Crippen molar-refractivity contribution < 1.29 is 5.11 Å². The molecule has 1 aliphatic rings. The molecule has 0 aromatic rings. The zero-order valence-corrected chi connectivity index (χ0v) is 12.2. The van der Waals surface area contributed by atoms with E-state index in [0.717, 1.165) is 43.3 Å². The van der Waals surface area contributed by atoms with Gasteiger partial charge in [-0.2, -0.15) is 0 Å². The smallest absolute Gasteiger partial charge is 0.0571 e. The molecular formula is C17H28O. The van der Waals surface area contributed by atoms with Crippen LogP contribution in [0.15, 0.2) is 36.0 Å². The molecule has 102 valence electrons. The van der Waals surface area contributed by atoms with Gasteiger partial charge in [-0.15, -0.1) is 0 Å². The Morgan fingerprint density at radius 2 is 2.00 bits per heavy atom. The minimum absolute atomic E-state index is 0.210. The molecule has 18 heavy (non-hydrogen) atoms. The molecule has 0 aromatic heterocycles. The van der Waals surface area contributed by atoms with Gasteiger partial charge in [-0.3, -0.25) is 0 Å². The minimum Gasteiger partial charge on any atom is -0.393 e. The largest absolute Gasteiger partial charge is 0.393 e. The number of hydrogen-bond donors (Lipinski definition) is 1. The van der Waals surface area contributed by atoms with Crippen molar-refractivity contribution in [2.24, 2.45) is 11.8 Å². The van der Waals surface area contributed by atoms with Gasteiger partial charge in [0, 0.05) is 0 Å². The van der Waals surface area contributed by atoms with Crippen LogP contribution < -0.4 is 0 Å². The average molecular weight is 248 g/mol. The number of hydrogen-bond acceptors (Lipinski definition) is 1. The number of aliphatic hydroxyl groups is 1. The molecule has 0 fully saturated rings. The first kappa shape index (κ1) is 15.2. The van der Waals surface area contributed by atoms with E-state index in [0.29, 0.717) is 11.8 Å². The molecule has 0 aromatic carbocycles. The molecule has 1 aliphatic carbocycles. The Balaban J connectivity index is 2.81. The molecule has 1 rings (SSSR count). The van der Waals surface area contributed by atoms with Crippen LogP contribution in [0.3, 0.4) is 0 Å². The van der Waals surface area contributed by atoms with Gasteiger partial charge in [-0.1, -0.05) is 37.3 Å². The van der Waals surface area contributed by atoms with Gasteiger partial charge in [0.1, 0.15) is 0 Å². The van der Waals surface area contributed by atoms with Gasteiger partial charge in [0.2, 0.25) is 0 Å². The number of allylic oxidation sites excluding steroid dienone is 4. The molecule has 0 aliphatic heterocycles. The predicted octanol–water partition coefficient (Wildman–Crippen LogP) is 4.64. The first-order valence-corrected chi connectivity index (χ1v) is 7.10. The molecule has 0 saturated heterocycles. The number of aliphatic hydroxyl groups excluding tert-OH is 1. The lowest BCUT2D eigenvalue weighted by Gasteiger charge is -2.27. The van der Waals surface area contributed by atoms with Crippen LogP contribution in [0.2, 0.25) is 0 Å². The van der Waals surface area contributed by atoms with Gasteiger partial charge in [0.25, 0.3) is 0 Å². The Labute approximate surface area is 112 Å². The Kier molecular flexibility index (Phi) is 5.87. The summed E-state index contributed by atoms with van der Waals surface area (Å²) in [6, 6.07) is 0. The SMILES string of the molecule is C=C(C)C(=C)[C@@H]1CC/C(C)=C/CC[C@H](C)[C@@H](O)C1. The van der Waals surface area contributed by atoms with Crippen LogP contribution >= 0.6 is 0 Å². The van der Waals surface area contributed by atoms with Crippen LogP contribution in [0.4, 0.5) is 0 Å². The van der Waals surface area contributed by atoms with Gasteiger partial charge in [0.15, 0.2) is 0 Å². The minimum atomic E-state index is -0.210. The second-order valence-corrected chi connectivity index (χ2v) is 5.95. The highest BCUT2D eigenvalue weighted by Gasteiger charge is 2.22. The molecule has 0 saturated carbocycles. The fourth-order valence-electron chi connectivity index (χ4n) is 2.60. The summed E-state index contributed by atoms with van der Waals surface area (Å²) in [6.45, 7) is 14.5. The summed E-state index contributed by atoms with van der Waals surface area (Å²) in [4.78, 5) is 0. The maximum atomic E-state index is 10.3. The third-order valence-corrected chi connectivity index (χ3v) is 4.23. The van der Waals surface area contributed by atoms with E-state index in [1.165, 1.54) is 5.57 Å². The van der Waals surface area contributed by atoms with Crippen molar-refractivity contribution in [3.63, 3.8) is 0 Å². The van der Waals surface area contributed by atoms with E-state index in [4.69, 9.17) is 0 Å². The molecular weight excluding hydrogens is 220 g/mol. The van der Waals surface area contributed by atoms with Crippen molar-refractivity contribution >= 4 is 0 Å². The topological polar surface area (TPSA) is 20.2 Å². The first-order chi connectivity index (χ1) is 8.41. The summed E-state index contributed by atoms with van der Waals surface area (Å²) >= 11 is 0. The van der Waals surface area contributed by atoms with Gasteiger partial charge >= 0.3 is 0 Å². The first-order valence-electron chi connectivity index (χ1n) is 7.10. The molecule has 0 heterocycles. The lowest BCUT2D eigenvalue weighted by molar-refractivity contribution is 0.0891. The van der Waals surface area contributed by atoms with Crippen molar-refractivity contribution in [2.45, 2.75) is 59.0 Å². The predicted molar refractivity (Wildman–Crippen MR) is 79.5 cm³/mol. The van der Waals surface area contributed by atoms with Crippen LogP contribution in [0.5, 0.6) is 0 Å². The second-order valence-electron chi connectivity index (χ2n) is 5.95. The fraction of sp³-hybridized carbons (Fsp3) is 0.647. The van der Waals surface area contributed by atoms with Gasteiger partial charge in [-0.25, -0.2) is 0 Å². The standard InChI is InChI=1S/C17H28O/c1-12(2)15(5)16-10-9-13(3)7-6-8-14(4)17(18)11-16/h7,14,16-18H,1,5-6,8-11H2,2-4H3/b13-7+/t14-,16+,17-/m0/s1. The van der Waals surface area contributed by atoms with Crippen molar-refractivity contribution in [2.75, 3.05) is 0 Å². The summed E-state index contributed by atoms with van der Waals surface area (Å²) in [6.07, 6.45) is 7.31. The monoisotopic (exact) mass is 248 g/mol. The lowest BCUT2D eigenvalue weighted by Crippen LogP contribution is -2.23. The fourth-order valence-corrected chi connectivity index (χ4v) is 2.60. The van der Waals surface area contributed by atoms with Crippen LogP contribution in [0, 0.1) is 11.8 Å². The third-order valence-electron chi connectivity index (χ3n) is 4.23. The lowest BCUT2D eigenvalue weighted by atomic mass is 9.81. The molecule has 0 spiro atoms. The normalized spacial score (nSPS) is 33.3. The Morgan fingerprint density at radius 3 is 2.61 bits per heavy atom. The molecule has 3 atom stereocenters. The molecule has 0 radical (unpaired) electrons. The highest BCUT2D eigenvalue weighted by Crippen LogP contribution is 2.31. The quantitative estimate of drug-likeness (QED) is 0.557. The zero-order chi connectivity index (χ0) is 13.7. The molecule has 1 heteroatoms. The van der Waals surface area contributed by atoms with Crippen molar-refractivity contribution in [3.05, 3.63) is 36.0 Å². The van der Waals surface area contributed by atoms with Crippen LogP contribution in [-0.4, -0.2) is 11.2 Å². The van der Waals surface area contributed by atoms with Crippen molar-refractivity contribution in [1.82, 2.24) is 0 Å².